The van der Waals surface area contributed by atoms with Crippen LogP contribution in [0.2, 0.25) is 0 Å². The lowest BCUT2D eigenvalue weighted by Crippen LogP contribution is -2.30. The van der Waals surface area contributed by atoms with Crippen molar-refractivity contribution >= 4 is 39.5 Å². The number of ether oxygens (including phenoxy) is 4. The number of unbranched alkanes of at least 4 members (excludes halogenated alkanes) is 52. The number of hydrogen-bond acceptors (Lipinski definition) is 15. The summed E-state index contributed by atoms with van der Waals surface area (Å²) < 4.78 is 68.6. The highest BCUT2D eigenvalue weighted by molar-refractivity contribution is 7.47. The Morgan fingerprint density at radius 3 is 0.687 bits per heavy atom. The first-order valence-electron chi connectivity index (χ1n) is 41.6. The second-order valence-electron chi connectivity index (χ2n) is 29.3. The van der Waals surface area contributed by atoms with Crippen molar-refractivity contribution in [1.29, 1.82) is 0 Å². The van der Waals surface area contributed by atoms with Crippen molar-refractivity contribution in [3.05, 3.63) is 0 Å². The van der Waals surface area contributed by atoms with Gasteiger partial charge in [0.1, 0.15) is 19.3 Å². The molecule has 0 aliphatic heterocycles. The van der Waals surface area contributed by atoms with Crippen LogP contribution in [0.1, 0.15) is 426 Å². The smallest absolute Gasteiger partial charge is 0.462 e. The van der Waals surface area contributed by atoms with E-state index in [0.717, 1.165) is 95.8 Å². The van der Waals surface area contributed by atoms with E-state index in [9.17, 15) is 43.2 Å². The van der Waals surface area contributed by atoms with E-state index in [4.69, 9.17) is 37.0 Å². The number of hydrogen-bond donors (Lipinski definition) is 3. The van der Waals surface area contributed by atoms with Gasteiger partial charge in [0.2, 0.25) is 0 Å². The lowest BCUT2D eigenvalue weighted by atomic mass is 10.0. The standard InChI is InChI=1S/C80H156O17P2/c1-6-9-12-15-18-21-24-26-28-30-32-34-36-38-40-43-49-54-59-64-78(83)91-69-75(96-79(84)65-60-55-50-44-41-39-37-35-33-31-29-27-25-22-19-16-13-10-7-2)71-94-98(86,87)92-67-74(81)68-93-99(88,89)95-72-76(70-90-77(82)63-58-53-48-42-23-20-17-14-11-8-3)97-80(85)66-61-56-51-46-45-47-52-57-62-73(4)5/h73-76,81H,6-72H2,1-5H3,(H,86,87)(H,88,89)/t74-,75-,76-/m1/s1. The lowest BCUT2D eigenvalue weighted by molar-refractivity contribution is -0.161. The number of carbonyl (C=O) groups is 4. The van der Waals surface area contributed by atoms with E-state index in [0.29, 0.717) is 25.7 Å². The minimum absolute atomic E-state index is 0.105. The van der Waals surface area contributed by atoms with Crippen LogP contribution in [0.25, 0.3) is 0 Å². The van der Waals surface area contributed by atoms with Crippen LogP contribution in [0.4, 0.5) is 0 Å². The quantitative estimate of drug-likeness (QED) is 0.0222. The van der Waals surface area contributed by atoms with Gasteiger partial charge in [-0.1, -0.05) is 375 Å². The van der Waals surface area contributed by atoms with Crippen LogP contribution in [0, 0.1) is 5.92 Å². The molecule has 0 heterocycles. The molecule has 5 atom stereocenters. The molecule has 0 amide bonds. The zero-order valence-electron chi connectivity index (χ0n) is 64.6. The highest BCUT2D eigenvalue weighted by Gasteiger charge is 2.30. The van der Waals surface area contributed by atoms with Crippen LogP contribution >= 0.6 is 15.6 Å². The fourth-order valence-corrected chi connectivity index (χ4v) is 14.0. The van der Waals surface area contributed by atoms with E-state index in [-0.39, 0.29) is 25.7 Å². The van der Waals surface area contributed by atoms with Gasteiger partial charge in [-0.2, -0.15) is 0 Å². The maximum atomic E-state index is 13.1. The van der Waals surface area contributed by atoms with Gasteiger partial charge in [0, 0.05) is 25.7 Å². The van der Waals surface area contributed by atoms with Crippen LogP contribution in [-0.4, -0.2) is 96.7 Å². The topological polar surface area (TPSA) is 237 Å². The molecule has 0 saturated heterocycles. The summed E-state index contributed by atoms with van der Waals surface area (Å²) in [4.78, 5) is 72.9. The monoisotopic (exact) mass is 1450 g/mol. The molecule has 17 nitrogen and oxygen atoms in total. The Labute approximate surface area is 607 Å². The summed E-state index contributed by atoms with van der Waals surface area (Å²) in [5, 5.41) is 10.6. The number of phosphoric ester groups is 2. The SMILES string of the molecule is CCCCCCCCCCCCCCCCCCCCCC(=O)OC[C@H](COP(=O)(O)OC[C@@H](O)COP(=O)(O)OC[C@@H](COC(=O)CCCCCCCCCCCC)OC(=O)CCCCCCCCCCC(C)C)OC(=O)CCCCCCCCCCCCCCCCCCCCC. The van der Waals surface area contributed by atoms with Crippen LogP contribution in [0.3, 0.4) is 0 Å². The maximum absolute atomic E-state index is 13.1. The molecule has 0 bridgehead atoms. The zero-order valence-corrected chi connectivity index (χ0v) is 66.4. The molecular weight excluding hydrogens is 1290 g/mol. The van der Waals surface area contributed by atoms with E-state index < -0.39 is 97.5 Å². The molecule has 19 heteroatoms. The Balaban J connectivity index is 5.20. The average Bonchev–Trinajstić information content (AvgIpc) is 1.07. The predicted octanol–water partition coefficient (Wildman–Crippen LogP) is 24.0. The van der Waals surface area contributed by atoms with Crippen molar-refractivity contribution in [3.63, 3.8) is 0 Å². The molecule has 0 radical (unpaired) electrons. The van der Waals surface area contributed by atoms with Gasteiger partial charge in [0.25, 0.3) is 0 Å². The fourth-order valence-electron chi connectivity index (χ4n) is 12.4. The Morgan fingerprint density at radius 1 is 0.273 bits per heavy atom. The van der Waals surface area contributed by atoms with Gasteiger partial charge in [-0.25, -0.2) is 9.13 Å². The molecule has 0 rings (SSSR count). The summed E-state index contributed by atoms with van der Waals surface area (Å²) in [6, 6.07) is 0. The van der Waals surface area contributed by atoms with E-state index in [2.05, 4.69) is 34.6 Å². The molecule has 588 valence electrons. The summed E-state index contributed by atoms with van der Waals surface area (Å²) in [6.45, 7) is 7.27. The second kappa shape index (κ2) is 73.0. The largest absolute Gasteiger partial charge is 0.472 e. The summed E-state index contributed by atoms with van der Waals surface area (Å²) >= 11 is 0. The Kier molecular flexibility index (Phi) is 71.6. The molecule has 0 aromatic carbocycles. The molecule has 2 unspecified atom stereocenters. The van der Waals surface area contributed by atoms with Gasteiger partial charge in [0.15, 0.2) is 12.2 Å². The molecule has 0 aliphatic rings. The number of rotatable bonds is 80. The molecular formula is C80H156O17P2. The third-order valence-electron chi connectivity index (χ3n) is 18.8. The van der Waals surface area contributed by atoms with Gasteiger partial charge in [-0.05, 0) is 31.6 Å². The normalized spacial score (nSPS) is 13.9. The van der Waals surface area contributed by atoms with Gasteiger partial charge in [-0.3, -0.25) is 37.3 Å². The summed E-state index contributed by atoms with van der Waals surface area (Å²) in [5.74, 6) is -1.39. The third kappa shape index (κ3) is 74.1. The van der Waals surface area contributed by atoms with Crippen LogP contribution in [0.15, 0.2) is 0 Å². The van der Waals surface area contributed by atoms with Crippen LogP contribution < -0.4 is 0 Å². The van der Waals surface area contributed by atoms with Crippen molar-refractivity contribution in [2.24, 2.45) is 5.92 Å². The van der Waals surface area contributed by atoms with Crippen molar-refractivity contribution in [1.82, 2.24) is 0 Å². The minimum atomic E-state index is -4.96. The number of aliphatic hydroxyl groups excluding tert-OH is 1. The van der Waals surface area contributed by atoms with Crippen molar-refractivity contribution in [2.75, 3.05) is 39.6 Å². The maximum Gasteiger partial charge on any atom is 0.472 e. The Morgan fingerprint density at radius 2 is 0.465 bits per heavy atom. The number of phosphoric acid groups is 2. The Hall–Kier alpha value is -1.94. The van der Waals surface area contributed by atoms with E-state index in [1.165, 1.54) is 250 Å². The minimum Gasteiger partial charge on any atom is -0.462 e. The first-order valence-corrected chi connectivity index (χ1v) is 44.6. The van der Waals surface area contributed by atoms with Crippen LogP contribution in [0.5, 0.6) is 0 Å². The highest BCUT2D eigenvalue weighted by Crippen LogP contribution is 2.45. The molecule has 0 fully saturated rings. The van der Waals surface area contributed by atoms with Gasteiger partial charge < -0.3 is 33.8 Å². The molecule has 3 N–H and O–H groups in total. The van der Waals surface area contributed by atoms with Crippen molar-refractivity contribution < 1.29 is 80.2 Å². The summed E-state index contributed by atoms with van der Waals surface area (Å²) in [5.41, 5.74) is 0. The molecule has 0 aromatic heterocycles. The number of aliphatic hydroxyl groups is 1. The Bertz CT molecular complexity index is 1890. The molecule has 99 heavy (non-hydrogen) atoms. The van der Waals surface area contributed by atoms with E-state index in [1.807, 2.05) is 0 Å². The first kappa shape index (κ1) is 97.1. The van der Waals surface area contributed by atoms with Gasteiger partial charge in [0.05, 0.1) is 26.4 Å². The molecule has 0 aliphatic carbocycles. The third-order valence-corrected chi connectivity index (χ3v) is 20.7. The first-order chi connectivity index (χ1) is 48.0. The fraction of sp³-hybridized carbons (Fsp3) is 0.950. The van der Waals surface area contributed by atoms with Gasteiger partial charge in [-0.15, -0.1) is 0 Å². The lowest BCUT2D eigenvalue weighted by Gasteiger charge is -2.21. The van der Waals surface area contributed by atoms with Gasteiger partial charge >= 0.3 is 39.5 Å². The number of esters is 4. The van der Waals surface area contributed by atoms with Crippen molar-refractivity contribution in [2.45, 2.75) is 445 Å². The highest BCUT2D eigenvalue weighted by atomic mass is 31.2. The molecule has 0 spiro atoms. The van der Waals surface area contributed by atoms with E-state index in [1.54, 1.807) is 0 Å². The summed E-state index contributed by atoms with van der Waals surface area (Å²) in [7, 11) is -9.91. The predicted molar refractivity (Wildman–Crippen MR) is 405 cm³/mol. The molecule has 0 saturated carbocycles. The summed E-state index contributed by atoms with van der Waals surface area (Å²) in [6.07, 6.45) is 64.0. The average molecular weight is 1450 g/mol. The second-order valence-corrected chi connectivity index (χ2v) is 32.2. The van der Waals surface area contributed by atoms with E-state index >= 15 is 0 Å². The number of carbonyl (C=O) groups excluding carboxylic acids is 4. The van der Waals surface area contributed by atoms with Crippen molar-refractivity contribution in [3.8, 4) is 0 Å². The van der Waals surface area contributed by atoms with Crippen LogP contribution in [-0.2, 0) is 65.4 Å². The molecule has 0 aromatic rings. The zero-order chi connectivity index (χ0) is 72.7.